The maximum absolute atomic E-state index is 13.0. The van der Waals surface area contributed by atoms with Crippen LogP contribution >= 0.6 is 0 Å². The summed E-state index contributed by atoms with van der Waals surface area (Å²) in [4.78, 5) is 0. The molecular formula is C13H20FNO2. The first kappa shape index (κ1) is 14.1. The van der Waals surface area contributed by atoms with Crippen LogP contribution in [0.1, 0.15) is 11.1 Å². The van der Waals surface area contributed by atoms with E-state index in [-0.39, 0.29) is 5.82 Å². The molecule has 3 nitrogen and oxygen atoms in total. The van der Waals surface area contributed by atoms with Crippen LogP contribution in [-0.4, -0.2) is 33.5 Å². The van der Waals surface area contributed by atoms with Gasteiger partial charge >= 0.3 is 0 Å². The highest BCUT2D eigenvalue weighted by Gasteiger charge is 1.98. The summed E-state index contributed by atoms with van der Waals surface area (Å²) in [5.41, 5.74) is 1.77. The topological polar surface area (TPSA) is 30.5 Å². The lowest BCUT2D eigenvalue weighted by molar-refractivity contribution is 0.0719. The normalized spacial score (nSPS) is 10.8. The maximum Gasteiger partial charge on any atom is 0.126 e. The lowest BCUT2D eigenvalue weighted by Gasteiger charge is -2.07. The third-order valence-electron chi connectivity index (χ3n) is 2.41. The minimum Gasteiger partial charge on any atom is -0.382 e. The van der Waals surface area contributed by atoms with E-state index in [9.17, 15) is 4.39 Å². The number of benzene rings is 1. The molecule has 4 heteroatoms. The molecule has 1 aromatic carbocycles. The Morgan fingerprint density at radius 2 is 2.06 bits per heavy atom. The van der Waals surface area contributed by atoms with Crippen molar-refractivity contribution in [2.45, 2.75) is 13.5 Å². The summed E-state index contributed by atoms with van der Waals surface area (Å²) in [5, 5.41) is 3.24. The highest BCUT2D eigenvalue weighted by atomic mass is 19.1. The van der Waals surface area contributed by atoms with Gasteiger partial charge in [0.15, 0.2) is 0 Å². The predicted octanol–water partition coefficient (Wildman–Crippen LogP) is 1.89. The van der Waals surface area contributed by atoms with Gasteiger partial charge in [-0.1, -0.05) is 12.1 Å². The average Bonchev–Trinajstić information content (AvgIpc) is 2.32. The Hall–Kier alpha value is -0.970. The zero-order valence-electron chi connectivity index (χ0n) is 10.5. The Morgan fingerprint density at radius 3 is 2.76 bits per heavy atom. The first-order valence-corrected chi connectivity index (χ1v) is 5.76. The van der Waals surface area contributed by atoms with Crippen molar-refractivity contribution in [1.82, 2.24) is 5.32 Å². The number of hydrogen-bond donors (Lipinski definition) is 1. The predicted molar refractivity (Wildman–Crippen MR) is 65.5 cm³/mol. The molecule has 0 unspecified atom stereocenters. The molecule has 0 fully saturated rings. The molecule has 0 saturated heterocycles. The van der Waals surface area contributed by atoms with Crippen LogP contribution in [0.4, 0.5) is 4.39 Å². The average molecular weight is 241 g/mol. The van der Waals surface area contributed by atoms with E-state index in [1.54, 1.807) is 20.1 Å². The third kappa shape index (κ3) is 5.77. The fourth-order valence-corrected chi connectivity index (χ4v) is 1.44. The Balaban J connectivity index is 2.11. The van der Waals surface area contributed by atoms with Crippen LogP contribution in [0.25, 0.3) is 0 Å². The van der Waals surface area contributed by atoms with E-state index < -0.39 is 0 Å². The van der Waals surface area contributed by atoms with Gasteiger partial charge in [-0.05, 0) is 24.1 Å². The largest absolute Gasteiger partial charge is 0.382 e. The number of ether oxygens (including phenoxy) is 2. The summed E-state index contributed by atoms with van der Waals surface area (Å²) in [7, 11) is 1.65. The molecule has 0 radical (unpaired) electrons. The number of methoxy groups -OCH3 is 1. The standard InChI is InChI=1S/C13H20FNO2/c1-11-9-12(3-4-13(11)14)10-15-5-6-17-8-7-16-2/h3-4,9,15H,5-8,10H2,1-2H3. The summed E-state index contributed by atoms with van der Waals surface area (Å²) in [6.07, 6.45) is 0. The van der Waals surface area contributed by atoms with Gasteiger partial charge in [0.1, 0.15) is 5.82 Å². The summed E-state index contributed by atoms with van der Waals surface area (Å²) < 4.78 is 23.2. The van der Waals surface area contributed by atoms with Crippen LogP contribution in [0.3, 0.4) is 0 Å². The number of aryl methyl sites for hydroxylation is 1. The molecule has 0 spiro atoms. The first-order chi connectivity index (χ1) is 8.24. The van der Waals surface area contributed by atoms with E-state index in [4.69, 9.17) is 9.47 Å². The van der Waals surface area contributed by atoms with E-state index in [1.165, 1.54) is 6.07 Å². The molecule has 0 aliphatic carbocycles. The Labute approximate surface area is 102 Å². The molecule has 0 heterocycles. The van der Waals surface area contributed by atoms with Crippen LogP contribution in [0.5, 0.6) is 0 Å². The summed E-state index contributed by atoms with van der Waals surface area (Å²) in [5.74, 6) is -0.156. The first-order valence-electron chi connectivity index (χ1n) is 5.76. The number of hydrogen-bond acceptors (Lipinski definition) is 3. The second kappa shape index (κ2) is 8.17. The van der Waals surface area contributed by atoms with Crippen molar-refractivity contribution in [1.29, 1.82) is 0 Å². The van der Waals surface area contributed by atoms with Crippen LogP contribution < -0.4 is 5.32 Å². The van der Waals surface area contributed by atoms with Gasteiger partial charge in [0.05, 0.1) is 19.8 Å². The molecule has 0 aromatic heterocycles. The van der Waals surface area contributed by atoms with Crippen LogP contribution in [-0.2, 0) is 16.0 Å². The molecular weight excluding hydrogens is 221 g/mol. The molecule has 0 bridgehead atoms. The molecule has 0 amide bonds. The van der Waals surface area contributed by atoms with Crippen LogP contribution in [0, 0.1) is 12.7 Å². The van der Waals surface area contributed by atoms with Gasteiger partial charge in [-0.2, -0.15) is 0 Å². The van der Waals surface area contributed by atoms with Crippen molar-refractivity contribution in [3.05, 3.63) is 35.1 Å². The lowest BCUT2D eigenvalue weighted by Crippen LogP contribution is -2.20. The van der Waals surface area contributed by atoms with E-state index in [2.05, 4.69) is 5.32 Å². The molecule has 1 aromatic rings. The zero-order valence-corrected chi connectivity index (χ0v) is 10.5. The Kier molecular flexibility index (Phi) is 6.77. The van der Waals surface area contributed by atoms with Gasteiger partial charge in [0.2, 0.25) is 0 Å². The zero-order chi connectivity index (χ0) is 12.5. The van der Waals surface area contributed by atoms with E-state index >= 15 is 0 Å². The van der Waals surface area contributed by atoms with Crippen molar-refractivity contribution in [2.75, 3.05) is 33.5 Å². The van der Waals surface area contributed by atoms with E-state index in [0.717, 1.165) is 18.7 Å². The number of halogens is 1. The van der Waals surface area contributed by atoms with Gasteiger partial charge in [-0.25, -0.2) is 4.39 Å². The SMILES string of the molecule is COCCOCCNCc1ccc(F)c(C)c1. The quantitative estimate of drug-likeness (QED) is 0.705. The summed E-state index contributed by atoms with van der Waals surface area (Å²) in [6.45, 7) is 5.18. The summed E-state index contributed by atoms with van der Waals surface area (Å²) in [6, 6.07) is 5.15. The molecule has 96 valence electrons. The van der Waals surface area contributed by atoms with Gasteiger partial charge < -0.3 is 14.8 Å². The highest BCUT2D eigenvalue weighted by Crippen LogP contribution is 2.08. The van der Waals surface area contributed by atoms with Gasteiger partial charge in [0, 0.05) is 20.2 Å². The fourth-order valence-electron chi connectivity index (χ4n) is 1.44. The number of rotatable bonds is 8. The fraction of sp³-hybridized carbons (Fsp3) is 0.538. The van der Waals surface area contributed by atoms with E-state index in [0.29, 0.717) is 25.4 Å². The molecule has 17 heavy (non-hydrogen) atoms. The van der Waals surface area contributed by atoms with Crippen molar-refractivity contribution in [2.24, 2.45) is 0 Å². The summed E-state index contributed by atoms with van der Waals surface area (Å²) >= 11 is 0. The van der Waals surface area contributed by atoms with Gasteiger partial charge in [-0.15, -0.1) is 0 Å². The van der Waals surface area contributed by atoms with Gasteiger partial charge in [-0.3, -0.25) is 0 Å². The minimum absolute atomic E-state index is 0.156. The molecule has 0 atom stereocenters. The maximum atomic E-state index is 13.0. The molecule has 1 rings (SSSR count). The third-order valence-corrected chi connectivity index (χ3v) is 2.41. The van der Waals surface area contributed by atoms with Crippen molar-refractivity contribution in [3.63, 3.8) is 0 Å². The molecule has 1 N–H and O–H groups in total. The molecule has 0 aliphatic heterocycles. The van der Waals surface area contributed by atoms with Crippen LogP contribution in [0.15, 0.2) is 18.2 Å². The Morgan fingerprint density at radius 1 is 1.24 bits per heavy atom. The lowest BCUT2D eigenvalue weighted by atomic mass is 10.1. The highest BCUT2D eigenvalue weighted by molar-refractivity contribution is 5.23. The minimum atomic E-state index is -0.156. The van der Waals surface area contributed by atoms with Crippen molar-refractivity contribution in [3.8, 4) is 0 Å². The smallest absolute Gasteiger partial charge is 0.126 e. The van der Waals surface area contributed by atoms with E-state index in [1.807, 2.05) is 6.07 Å². The van der Waals surface area contributed by atoms with Crippen molar-refractivity contribution < 1.29 is 13.9 Å². The second-order valence-corrected chi connectivity index (χ2v) is 3.87. The van der Waals surface area contributed by atoms with Crippen molar-refractivity contribution >= 4 is 0 Å². The van der Waals surface area contributed by atoms with Gasteiger partial charge in [0.25, 0.3) is 0 Å². The van der Waals surface area contributed by atoms with Crippen LogP contribution in [0.2, 0.25) is 0 Å². The Bertz CT molecular complexity index is 331. The molecule has 0 aliphatic rings. The monoisotopic (exact) mass is 241 g/mol. The number of nitrogens with one attached hydrogen (secondary N) is 1. The second-order valence-electron chi connectivity index (χ2n) is 3.87. The molecule has 0 saturated carbocycles.